The molecule has 0 unspecified atom stereocenters. The Morgan fingerprint density at radius 3 is 1.91 bits per heavy atom. The summed E-state index contributed by atoms with van der Waals surface area (Å²) in [5, 5.41) is 23.3. The van der Waals surface area contributed by atoms with Crippen molar-refractivity contribution in [1.29, 1.82) is 0 Å². The third-order valence-electron chi connectivity index (χ3n) is 12.8. The molecule has 3 rings (SSSR count). The van der Waals surface area contributed by atoms with Crippen molar-refractivity contribution in [3.63, 3.8) is 0 Å². The fourth-order valence-corrected chi connectivity index (χ4v) is 9.27. The zero-order chi connectivity index (χ0) is 44.2. The summed E-state index contributed by atoms with van der Waals surface area (Å²) >= 11 is 0. The maximum absolute atomic E-state index is 14.4. The molecular formula is C42H73NO15. The number of carbonyl (C=O) groups excluding carboxylic acids is 4. The lowest BCUT2D eigenvalue weighted by atomic mass is 9.74. The number of carbonyl (C=O) groups is 4. The van der Waals surface area contributed by atoms with Gasteiger partial charge in [-0.1, -0.05) is 27.7 Å². The van der Waals surface area contributed by atoms with Crippen LogP contribution in [0.2, 0.25) is 0 Å². The molecule has 0 bridgehead atoms. The number of cyclic esters (lactones) is 1. The van der Waals surface area contributed by atoms with Gasteiger partial charge in [-0.05, 0) is 74.9 Å². The van der Waals surface area contributed by atoms with Crippen LogP contribution in [-0.4, -0.2) is 151 Å². The number of nitrogens with zero attached hydrogens (tertiary/aromatic N) is 1. The first-order valence-corrected chi connectivity index (χ1v) is 20.7. The van der Waals surface area contributed by atoms with Gasteiger partial charge in [0, 0.05) is 52.2 Å². The van der Waals surface area contributed by atoms with Crippen LogP contribution in [0.1, 0.15) is 109 Å². The number of methoxy groups -OCH3 is 2. The van der Waals surface area contributed by atoms with Crippen molar-refractivity contribution in [1.82, 2.24) is 4.90 Å². The van der Waals surface area contributed by atoms with Gasteiger partial charge in [-0.3, -0.25) is 19.2 Å². The van der Waals surface area contributed by atoms with Gasteiger partial charge in [0.1, 0.15) is 23.1 Å². The Morgan fingerprint density at radius 2 is 1.40 bits per heavy atom. The molecule has 0 radical (unpaired) electrons. The van der Waals surface area contributed by atoms with Crippen LogP contribution in [0.5, 0.6) is 0 Å². The second-order valence-corrected chi connectivity index (χ2v) is 17.8. The lowest BCUT2D eigenvalue weighted by Gasteiger charge is -2.50. The van der Waals surface area contributed by atoms with Gasteiger partial charge in [0.15, 0.2) is 24.8 Å². The molecule has 0 aromatic heterocycles. The molecule has 0 aromatic rings. The normalized spacial score (nSPS) is 44.9. The van der Waals surface area contributed by atoms with Crippen LogP contribution in [0.15, 0.2) is 0 Å². The Hall–Kier alpha value is -2.28. The molecule has 3 aliphatic heterocycles. The lowest BCUT2D eigenvalue weighted by Crippen LogP contribution is -2.62. The van der Waals surface area contributed by atoms with Crippen LogP contribution >= 0.6 is 0 Å². The number of ketones is 1. The minimum absolute atomic E-state index is 0.0691. The van der Waals surface area contributed by atoms with Crippen molar-refractivity contribution in [2.75, 3.05) is 28.3 Å². The monoisotopic (exact) mass is 831 g/mol. The Labute approximate surface area is 345 Å². The number of hydrogen-bond donors (Lipinski definition) is 2. The van der Waals surface area contributed by atoms with E-state index in [9.17, 15) is 29.4 Å². The van der Waals surface area contributed by atoms with Crippen molar-refractivity contribution < 1.29 is 72.0 Å². The van der Waals surface area contributed by atoms with Gasteiger partial charge in [-0.15, -0.1) is 0 Å². The number of likely N-dealkylation sites (N-methyl/N-ethyl adjacent to an activating group) is 1. The Kier molecular flexibility index (Phi) is 17.3. The largest absolute Gasteiger partial charge is 0.459 e. The van der Waals surface area contributed by atoms with Gasteiger partial charge >= 0.3 is 17.9 Å². The standard InChI is InChI=1S/C42H73NO15/c1-17-30-42(12,49)35(47)23(4)32(46)21(2)19-40(10,50-15)36(58-39-34(54-27(8)44)29(43(13)14)18-22(3)52-39)24(5)33(25(6)38(48)56-30)57-31-20-41(11,51-16)37(26(7)53-31)55-28(9)45/h21-26,29-31,33-37,39,47,49H,17-20H2,1-16H3/t21-,22-,23+,24+,25-,26+,29+,30-,31+,33+,34-,35-,36-,37+,39+,40-,41-,42-/m1/s1. The third-order valence-corrected chi connectivity index (χ3v) is 12.8. The van der Waals surface area contributed by atoms with E-state index < -0.39 is 114 Å². The van der Waals surface area contributed by atoms with Crippen LogP contribution in [-0.2, 0) is 61.8 Å². The molecule has 16 heteroatoms. The molecular weight excluding hydrogens is 758 g/mol. The average Bonchev–Trinajstić information content (AvgIpc) is 3.14. The Morgan fingerprint density at radius 1 is 0.828 bits per heavy atom. The van der Waals surface area contributed by atoms with Crippen LogP contribution < -0.4 is 0 Å². The minimum Gasteiger partial charge on any atom is -0.459 e. The molecule has 3 aliphatic rings. The molecule has 2 N–H and O–H groups in total. The molecule has 336 valence electrons. The van der Waals surface area contributed by atoms with E-state index in [-0.39, 0.29) is 37.2 Å². The molecule has 18 atom stereocenters. The predicted molar refractivity (Wildman–Crippen MR) is 210 cm³/mol. The first-order chi connectivity index (χ1) is 26.8. The highest BCUT2D eigenvalue weighted by molar-refractivity contribution is 5.83. The number of aliphatic hydroxyl groups is 2. The summed E-state index contributed by atoms with van der Waals surface area (Å²) in [5.74, 6) is -5.76. The van der Waals surface area contributed by atoms with E-state index in [1.807, 2.05) is 32.8 Å². The number of Topliss-reactive ketones (excluding diaryl/α,β-unsaturated/α-hetero) is 1. The summed E-state index contributed by atoms with van der Waals surface area (Å²) < 4.78 is 56.4. The summed E-state index contributed by atoms with van der Waals surface area (Å²) in [5.41, 5.74) is -4.37. The van der Waals surface area contributed by atoms with Crippen LogP contribution in [0.3, 0.4) is 0 Å². The maximum atomic E-state index is 14.4. The molecule has 58 heavy (non-hydrogen) atoms. The fourth-order valence-electron chi connectivity index (χ4n) is 9.27. The topological polar surface area (TPSA) is 195 Å². The van der Waals surface area contributed by atoms with E-state index >= 15 is 0 Å². The molecule has 0 aromatic carbocycles. The van der Waals surface area contributed by atoms with Gasteiger partial charge < -0.3 is 57.7 Å². The van der Waals surface area contributed by atoms with Gasteiger partial charge in [-0.2, -0.15) is 0 Å². The van der Waals surface area contributed by atoms with E-state index in [4.69, 9.17) is 42.6 Å². The van der Waals surface area contributed by atoms with Crippen molar-refractivity contribution in [3.05, 3.63) is 0 Å². The first-order valence-electron chi connectivity index (χ1n) is 20.7. The van der Waals surface area contributed by atoms with Crippen molar-refractivity contribution in [2.24, 2.45) is 23.7 Å². The molecule has 0 aliphatic carbocycles. The smallest absolute Gasteiger partial charge is 0.311 e. The van der Waals surface area contributed by atoms with E-state index in [0.29, 0.717) is 6.42 Å². The van der Waals surface area contributed by atoms with E-state index in [1.165, 1.54) is 35.0 Å². The summed E-state index contributed by atoms with van der Waals surface area (Å²) in [6, 6.07) is -0.295. The molecule has 0 amide bonds. The van der Waals surface area contributed by atoms with Crippen molar-refractivity contribution >= 4 is 23.7 Å². The van der Waals surface area contributed by atoms with E-state index in [1.54, 1.807) is 48.5 Å². The molecule has 16 nitrogen and oxygen atoms in total. The van der Waals surface area contributed by atoms with Crippen molar-refractivity contribution in [2.45, 2.75) is 193 Å². The molecule has 0 spiro atoms. The zero-order valence-corrected chi connectivity index (χ0v) is 37.6. The maximum Gasteiger partial charge on any atom is 0.311 e. The Balaban J connectivity index is 2.28. The van der Waals surface area contributed by atoms with Crippen molar-refractivity contribution in [3.8, 4) is 0 Å². The summed E-state index contributed by atoms with van der Waals surface area (Å²) in [6.07, 6.45) is -8.86. The zero-order valence-electron chi connectivity index (χ0n) is 37.6. The number of aliphatic hydroxyl groups excluding tert-OH is 1. The predicted octanol–water partition coefficient (Wildman–Crippen LogP) is 3.58. The Bertz CT molecular complexity index is 1410. The average molecular weight is 832 g/mol. The fraction of sp³-hybridized carbons (Fsp3) is 0.905. The van der Waals surface area contributed by atoms with E-state index in [2.05, 4.69) is 0 Å². The van der Waals surface area contributed by atoms with Gasteiger partial charge in [-0.25, -0.2) is 0 Å². The minimum atomic E-state index is -2.00. The molecule has 3 saturated heterocycles. The second kappa shape index (κ2) is 20.1. The van der Waals surface area contributed by atoms with Crippen LogP contribution in [0.4, 0.5) is 0 Å². The van der Waals surface area contributed by atoms with Gasteiger partial charge in [0.2, 0.25) is 0 Å². The molecule has 3 heterocycles. The quantitative estimate of drug-likeness (QED) is 0.239. The highest BCUT2D eigenvalue weighted by atomic mass is 16.7. The number of esters is 3. The lowest BCUT2D eigenvalue weighted by molar-refractivity contribution is -0.320. The number of hydrogen-bond acceptors (Lipinski definition) is 16. The highest BCUT2D eigenvalue weighted by Gasteiger charge is 2.55. The third kappa shape index (κ3) is 11.1. The van der Waals surface area contributed by atoms with E-state index in [0.717, 1.165) is 0 Å². The first kappa shape index (κ1) is 50.1. The van der Waals surface area contributed by atoms with Crippen LogP contribution in [0, 0.1) is 23.7 Å². The summed E-state index contributed by atoms with van der Waals surface area (Å²) in [7, 11) is 6.76. The summed E-state index contributed by atoms with van der Waals surface area (Å²) in [6.45, 7) is 19.6. The number of ether oxygens (including phenoxy) is 9. The second-order valence-electron chi connectivity index (χ2n) is 17.8. The number of rotatable bonds is 10. The highest BCUT2D eigenvalue weighted by Crippen LogP contribution is 2.42. The summed E-state index contributed by atoms with van der Waals surface area (Å²) in [4.78, 5) is 55.1. The van der Waals surface area contributed by atoms with Gasteiger partial charge in [0.25, 0.3) is 0 Å². The molecule has 0 saturated carbocycles. The van der Waals surface area contributed by atoms with Crippen LogP contribution in [0.25, 0.3) is 0 Å². The SMILES string of the molecule is CC[C@H]1OC(=O)[C@H](C)[C@@H](O[C@H]2C[C@@](C)(OC)[C@@H](OC(C)=O)[C@H](C)O2)[C@H](C)[C@@H](O[C@@H]2O[C@H](C)C[C@H](N(C)C)[C@H]2OC(C)=O)[C@](C)(OC)C[C@@H](C)C(=O)[C@H](C)[C@@H](O)[C@]1(C)O. The molecule has 3 fully saturated rings. The van der Waals surface area contributed by atoms with Gasteiger partial charge in [0.05, 0.1) is 48.1 Å².